The second-order valence-electron chi connectivity index (χ2n) is 4.18. The van der Waals surface area contributed by atoms with E-state index >= 15 is 0 Å². The van der Waals surface area contributed by atoms with Crippen molar-refractivity contribution in [1.82, 2.24) is 14.3 Å². The van der Waals surface area contributed by atoms with E-state index in [1.165, 1.54) is 12.1 Å². The summed E-state index contributed by atoms with van der Waals surface area (Å²) in [6.07, 6.45) is 4.03. The molecular formula is C12H13BrClN3O2S. The minimum absolute atomic E-state index is 0.175. The number of hydrogen-bond donors (Lipinski definition) is 1. The molecule has 1 aromatic heterocycles. The fourth-order valence-corrected chi connectivity index (χ4v) is 3.37. The molecule has 2 aromatic rings. The Hall–Kier alpha value is -0.890. The van der Waals surface area contributed by atoms with Gasteiger partial charge in [0, 0.05) is 36.9 Å². The zero-order valence-corrected chi connectivity index (χ0v) is 13.8. The summed E-state index contributed by atoms with van der Waals surface area (Å²) in [5, 5.41) is 0.469. The summed E-state index contributed by atoms with van der Waals surface area (Å²) in [5.74, 6) is 0.824. The molecule has 0 aliphatic heterocycles. The molecule has 0 unspecified atom stereocenters. The second kappa shape index (κ2) is 6.26. The number of aromatic nitrogens is 2. The largest absolute Gasteiger partial charge is 0.338 e. The van der Waals surface area contributed by atoms with Crippen LogP contribution in [0, 0.1) is 0 Å². The van der Waals surface area contributed by atoms with Crippen molar-refractivity contribution in [3.8, 4) is 0 Å². The molecule has 0 aliphatic carbocycles. The molecule has 5 nitrogen and oxygen atoms in total. The summed E-state index contributed by atoms with van der Waals surface area (Å²) < 4.78 is 29.2. The summed E-state index contributed by atoms with van der Waals surface area (Å²) in [6, 6.07) is 4.49. The van der Waals surface area contributed by atoms with Crippen molar-refractivity contribution >= 4 is 37.6 Å². The van der Waals surface area contributed by atoms with E-state index in [-0.39, 0.29) is 11.4 Å². The molecule has 20 heavy (non-hydrogen) atoms. The van der Waals surface area contributed by atoms with Gasteiger partial charge in [0.2, 0.25) is 10.0 Å². The molecule has 0 spiro atoms. The standard InChI is InChI=1S/C12H13BrClN3O2S/c1-17-7-6-15-12(17)4-5-16-20(18,19)9-2-3-11(14)10(13)8-9/h2-3,6-8,16H,4-5H2,1H3. The van der Waals surface area contributed by atoms with Gasteiger partial charge in [0.15, 0.2) is 0 Å². The van der Waals surface area contributed by atoms with Crippen LogP contribution in [0.4, 0.5) is 0 Å². The van der Waals surface area contributed by atoms with Crippen LogP contribution in [0.3, 0.4) is 0 Å². The molecule has 0 atom stereocenters. The van der Waals surface area contributed by atoms with Crippen LogP contribution in [0.5, 0.6) is 0 Å². The summed E-state index contributed by atoms with van der Waals surface area (Å²) in [6.45, 7) is 0.285. The Morgan fingerprint density at radius 1 is 1.45 bits per heavy atom. The van der Waals surface area contributed by atoms with Gasteiger partial charge in [-0.3, -0.25) is 0 Å². The van der Waals surface area contributed by atoms with E-state index in [0.29, 0.717) is 15.9 Å². The topological polar surface area (TPSA) is 64.0 Å². The number of nitrogens with one attached hydrogen (secondary N) is 1. The van der Waals surface area contributed by atoms with Crippen LogP contribution in [0.1, 0.15) is 5.82 Å². The Balaban J connectivity index is 2.04. The zero-order chi connectivity index (χ0) is 14.8. The van der Waals surface area contributed by atoms with Crippen LogP contribution in [-0.2, 0) is 23.5 Å². The molecule has 0 amide bonds. The highest BCUT2D eigenvalue weighted by molar-refractivity contribution is 9.10. The van der Waals surface area contributed by atoms with E-state index in [2.05, 4.69) is 25.6 Å². The first kappa shape index (κ1) is 15.5. The first-order valence-corrected chi connectivity index (χ1v) is 8.46. The molecule has 0 radical (unpaired) electrons. The van der Waals surface area contributed by atoms with E-state index in [4.69, 9.17) is 11.6 Å². The molecule has 1 aromatic carbocycles. The number of hydrogen-bond acceptors (Lipinski definition) is 3. The van der Waals surface area contributed by atoms with Crippen LogP contribution in [0.15, 0.2) is 40.0 Å². The fraction of sp³-hybridized carbons (Fsp3) is 0.250. The quantitative estimate of drug-likeness (QED) is 0.868. The number of benzene rings is 1. The molecular weight excluding hydrogens is 366 g/mol. The molecule has 0 saturated carbocycles. The highest BCUT2D eigenvalue weighted by atomic mass is 79.9. The first-order valence-electron chi connectivity index (χ1n) is 5.81. The first-order chi connectivity index (χ1) is 9.40. The number of aryl methyl sites for hydroxylation is 1. The number of imidazole rings is 1. The lowest BCUT2D eigenvalue weighted by Crippen LogP contribution is -2.26. The number of sulfonamides is 1. The maximum atomic E-state index is 12.1. The zero-order valence-electron chi connectivity index (χ0n) is 10.7. The predicted molar refractivity (Wildman–Crippen MR) is 81.3 cm³/mol. The van der Waals surface area contributed by atoms with Gasteiger partial charge in [-0.05, 0) is 34.1 Å². The third-order valence-corrected chi connectivity index (χ3v) is 5.44. The molecule has 0 bridgehead atoms. The van der Waals surface area contributed by atoms with Crippen molar-refractivity contribution in [3.63, 3.8) is 0 Å². The number of rotatable bonds is 5. The average Bonchev–Trinajstić information content (AvgIpc) is 2.78. The predicted octanol–water partition coefficient (Wildman–Crippen LogP) is 2.36. The van der Waals surface area contributed by atoms with Crippen molar-refractivity contribution in [2.24, 2.45) is 7.05 Å². The Labute approximate surface area is 131 Å². The summed E-state index contributed by atoms with van der Waals surface area (Å²) >= 11 is 9.06. The van der Waals surface area contributed by atoms with Gasteiger partial charge >= 0.3 is 0 Å². The van der Waals surface area contributed by atoms with Crippen molar-refractivity contribution in [2.75, 3.05) is 6.54 Å². The van der Waals surface area contributed by atoms with Gasteiger partial charge in [-0.2, -0.15) is 0 Å². The lowest BCUT2D eigenvalue weighted by Gasteiger charge is -2.07. The van der Waals surface area contributed by atoms with E-state index in [9.17, 15) is 8.42 Å². The molecule has 0 aliphatic rings. The summed E-state index contributed by atoms with van der Waals surface area (Å²) in [5.41, 5.74) is 0. The molecule has 8 heteroatoms. The maximum Gasteiger partial charge on any atom is 0.240 e. The lowest BCUT2D eigenvalue weighted by molar-refractivity contribution is 0.580. The second-order valence-corrected chi connectivity index (χ2v) is 7.21. The number of nitrogens with zero attached hydrogens (tertiary/aromatic N) is 2. The third-order valence-electron chi connectivity index (χ3n) is 2.76. The van der Waals surface area contributed by atoms with Crippen LogP contribution >= 0.6 is 27.5 Å². The van der Waals surface area contributed by atoms with Crippen molar-refractivity contribution in [2.45, 2.75) is 11.3 Å². The van der Waals surface area contributed by atoms with Gasteiger partial charge in [0.1, 0.15) is 5.82 Å². The lowest BCUT2D eigenvalue weighted by atomic mass is 10.4. The normalized spacial score (nSPS) is 11.8. The molecule has 108 valence electrons. The van der Waals surface area contributed by atoms with Crippen LogP contribution in [-0.4, -0.2) is 24.5 Å². The van der Waals surface area contributed by atoms with Crippen molar-refractivity contribution in [3.05, 3.63) is 45.9 Å². The van der Waals surface area contributed by atoms with Gasteiger partial charge in [0.05, 0.1) is 9.92 Å². The van der Waals surface area contributed by atoms with Crippen LogP contribution < -0.4 is 4.72 Å². The summed E-state index contributed by atoms with van der Waals surface area (Å²) in [7, 11) is -1.67. The minimum Gasteiger partial charge on any atom is -0.338 e. The van der Waals surface area contributed by atoms with E-state index < -0.39 is 10.0 Å². The monoisotopic (exact) mass is 377 g/mol. The van der Waals surface area contributed by atoms with E-state index in [1.54, 1.807) is 12.3 Å². The minimum atomic E-state index is -3.54. The Morgan fingerprint density at radius 2 is 2.20 bits per heavy atom. The van der Waals surface area contributed by atoms with Crippen molar-refractivity contribution < 1.29 is 8.42 Å². The molecule has 1 heterocycles. The van der Waals surface area contributed by atoms with Gasteiger partial charge in [-0.25, -0.2) is 18.1 Å². The molecule has 0 fully saturated rings. The maximum absolute atomic E-state index is 12.1. The SMILES string of the molecule is Cn1ccnc1CCNS(=O)(=O)c1ccc(Cl)c(Br)c1. The summed E-state index contributed by atoms with van der Waals surface area (Å²) in [4.78, 5) is 4.31. The third kappa shape index (κ3) is 3.60. The van der Waals surface area contributed by atoms with Crippen LogP contribution in [0.25, 0.3) is 0 Å². The molecule has 2 rings (SSSR count). The molecule has 0 saturated heterocycles. The fourth-order valence-electron chi connectivity index (χ4n) is 1.66. The van der Waals surface area contributed by atoms with Gasteiger partial charge in [-0.15, -0.1) is 0 Å². The highest BCUT2D eigenvalue weighted by Crippen LogP contribution is 2.25. The van der Waals surface area contributed by atoms with E-state index in [1.807, 2.05) is 17.8 Å². The Kier molecular flexibility index (Phi) is 4.85. The van der Waals surface area contributed by atoms with Gasteiger partial charge < -0.3 is 4.57 Å². The Bertz CT molecular complexity index is 715. The number of halogens is 2. The average molecular weight is 379 g/mol. The van der Waals surface area contributed by atoms with Gasteiger partial charge in [0.25, 0.3) is 0 Å². The van der Waals surface area contributed by atoms with E-state index in [0.717, 1.165) is 5.82 Å². The van der Waals surface area contributed by atoms with Crippen molar-refractivity contribution in [1.29, 1.82) is 0 Å². The van der Waals surface area contributed by atoms with Crippen LogP contribution in [0.2, 0.25) is 5.02 Å². The highest BCUT2D eigenvalue weighted by Gasteiger charge is 2.15. The smallest absolute Gasteiger partial charge is 0.240 e. The van der Waals surface area contributed by atoms with Gasteiger partial charge in [-0.1, -0.05) is 11.6 Å². The Morgan fingerprint density at radius 3 is 2.80 bits per heavy atom. The molecule has 1 N–H and O–H groups in total.